The Kier molecular flexibility index (Phi) is 5.29. The minimum Gasteiger partial charge on any atom is -0.383 e. The maximum Gasteiger partial charge on any atom is 0.226 e. The Balaban J connectivity index is 1.54. The van der Waals surface area contributed by atoms with E-state index in [0.29, 0.717) is 18.9 Å². The maximum absolute atomic E-state index is 12.1. The zero-order valence-electron chi connectivity index (χ0n) is 14.6. The number of para-hydroxylation sites is 1. The fraction of sp³-hybridized carbons (Fsp3) is 0.238. The first-order chi connectivity index (χ1) is 12.1. The molecule has 0 spiro atoms. The van der Waals surface area contributed by atoms with Gasteiger partial charge in [-0.1, -0.05) is 44.2 Å². The van der Waals surface area contributed by atoms with Gasteiger partial charge in [0.05, 0.1) is 11.2 Å². The molecular weight excluding hydrogens is 310 g/mol. The van der Waals surface area contributed by atoms with Crippen LogP contribution in [0.5, 0.6) is 0 Å². The lowest BCUT2D eigenvalue weighted by Gasteiger charge is -2.10. The number of aromatic nitrogens is 1. The Labute approximate surface area is 148 Å². The van der Waals surface area contributed by atoms with Crippen LogP contribution in [0.1, 0.15) is 31.7 Å². The molecule has 0 saturated heterocycles. The average Bonchev–Trinajstić information content (AvgIpc) is 2.62. The van der Waals surface area contributed by atoms with Crippen LogP contribution in [0.2, 0.25) is 0 Å². The lowest BCUT2D eigenvalue weighted by Crippen LogP contribution is -2.16. The van der Waals surface area contributed by atoms with Crippen molar-refractivity contribution < 1.29 is 4.79 Å². The van der Waals surface area contributed by atoms with Crippen LogP contribution in [0.4, 0.5) is 11.4 Å². The summed E-state index contributed by atoms with van der Waals surface area (Å²) in [6.45, 7) is 4.87. The number of fused-ring (bicyclic) bond motifs is 1. The summed E-state index contributed by atoms with van der Waals surface area (Å²) in [5.41, 5.74) is 3.98. The zero-order chi connectivity index (χ0) is 17.6. The first-order valence-electron chi connectivity index (χ1n) is 8.61. The molecule has 0 aliphatic rings. The highest BCUT2D eigenvalue weighted by atomic mass is 16.1. The molecule has 4 heteroatoms. The maximum atomic E-state index is 12.1. The van der Waals surface area contributed by atoms with Gasteiger partial charge in [-0.05, 0) is 35.7 Å². The third kappa shape index (κ3) is 4.35. The van der Waals surface area contributed by atoms with E-state index in [1.807, 2.05) is 42.5 Å². The Morgan fingerprint density at radius 2 is 1.80 bits per heavy atom. The Hall–Kier alpha value is -2.88. The molecule has 128 valence electrons. The molecule has 4 nitrogen and oxygen atoms in total. The largest absolute Gasteiger partial charge is 0.383 e. The number of rotatable bonds is 6. The molecule has 0 bridgehead atoms. The van der Waals surface area contributed by atoms with Crippen molar-refractivity contribution in [2.75, 3.05) is 17.2 Å². The topological polar surface area (TPSA) is 54.0 Å². The van der Waals surface area contributed by atoms with Gasteiger partial charge < -0.3 is 10.6 Å². The van der Waals surface area contributed by atoms with Crippen molar-refractivity contribution in [1.29, 1.82) is 0 Å². The standard InChI is InChI=1S/C21H23N3O/c1-15(2)16-8-10-18(11-9-16)24-20(25)12-14-22-19-7-3-5-17-6-4-13-23-21(17)19/h3-11,13,15,22H,12,14H2,1-2H3,(H,24,25). The molecule has 3 aromatic rings. The zero-order valence-corrected chi connectivity index (χ0v) is 14.6. The molecule has 0 unspecified atom stereocenters. The number of carbonyl (C=O) groups excluding carboxylic acids is 1. The lowest BCUT2D eigenvalue weighted by molar-refractivity contribution is -0.115. The highest BCUT2D eigenvalue weighted by Crippen LogP contribution is 2.20. The molecule has 1 aromatic heterocycles. The van der Waals surface area contributed by atoms with Gasteiger partial charge >= 0.3 is 0 Å². The molecule has 0 fully saturated rings. The molecule has 25 heavy (non-hydrogen) atoms. The van der Waals surface area contributed by atoms with Crippen LogP contribution >= 0.6 is 0 Å². The van der Waals surface area contributed by atoms with Gasteiger partial charge in [-0.3, -0.25) is 9.78 Å². The minimum absolute atomic E-state index is 0.00186. The van der Waals surface area contributed by atoms with Crippen LogP contribution in [0, 0.1) is 0 Å². The van der Waals surface area contributed by atoms with Crippen molar-refractivity contribution in [3.8, 4) is 0 Å². The summed E-state index contributed by atoms with van der Waals surface area (Å²) >= 11 is 0. The van der Waals surface area contributed by atoms with Crippen molar-refractivity contribution in [2.45, 2.75) is 26.2 Å². The van der Waals surface area contributed by atoms with E-state index in [0.717, 1.165) is 22.3 Å². The normalized spacial score (nSPS) is 10.8. The number of nitrogens with zero attached hydrogens (tertiary/aromatic N) is 1. The minimum atomic E-state index is -0.00186. The lowest BCUT2D eigenvalue weighted by atomic mass is 10.0. The molecule has 0 atom stereocenters. The van der Waals surface area contributed by atoms with Crippen LogP contribution in [0.25, 0.3) is 10.9 Å². The molecular formula is C21H23N3O. The van der Waals surface area contributed by atoms with E-state index in [2.05, 4.69) is 41.6 Å². The van der Waals surface area contributed by atoms with Crippen molar-refractivity contribution >= 4 is 28.2 Å². The fourth-order valence-corrected chi connectivity index (χ4v) is 2.73. The van der Waals surface area contributed by atoms with Gasteiger partial charge in [0.15, 0.2) is 0 Å². The smallest absolute Gasteiger partial charge is 0.226 e. The highest BCUT2D eigenvalue weighted by molar-refractivity contribution is 5.92. The van der Waals surface area contributed by atoms with Gasteiger partial charge in [-0.25, -0.2) is 0 Å². The first kappa shape index (κ1) is 17.0. The number of hydrogen-bond donors (Lipinski definition) is 2. The van der Waals surface area contributed by atoms with Crippen molar-refractivity contribution in [3.05, 3.63) is 66.4 Å². The van der Waals surface area contributed by atoms with Gasteiger partial charge in [0, 0.05) is 30.2 Å². The number of amides is 1. The molecule has 0 aliphatic heterocycles. The van der Waals surface area contributed by atoms with Gasteiger partial charge in [-0.2, -0.15) is 0 Å². The van der Waals surface area contributed by atoms with Crippen LogP contribution in [0.3, 0.4) is 0 Å². The third-order valence-electron chi connectivity index (χ3n) is 4.16. The van der Waals surface area contributed by atoms with Crippen molar-refractivity contribution in [2.24, 2.45) is 0 Å². The Morgan fingerprint density at radius 1 is 1.04 bits per heavy atom. The predicted molar refractivity (Wildman–Crippen MR) is 104 cm³/mol. The quantitative estimate of drug-likeness (QED) is 0.681. The summed E-state index contributed by atoms with van der Waals surface area (Å²) in [4.78, 5) is 16.5. The SMILES string of the molecule is CC(C)c1ccc(NC(=O)CCNc2cccc3cccnc23)cc1. The fourth-order valence-electron chi connectivity index (χ4n) is 2.73. The number of anilines is 2. The molecule has 0 radical (unpaired) electrons. The third-order valence-corrected chi connectivity index (χ3v) is 4.16. The van der Waals surface area contributed by atoms with E-state index < -0.39 is 0 Å². The van der Waals surface area contributed by atoms with E-state index >= 15 is 0 Å². The number of pyridine rings is 1. The monoisotopic (exact) mass is 333 g/mol. The second-order valence-electron chi connectivity index (χ2n) is 6.38. The second-order valence-corrected chi connectivity index (χ2v) is 6.38. The van der Waals surface area contributed by atoms with Gasteiger partial charge in [-0.15, -0.1) is 0 Å². The van der Waals surface area contributed by atoms with Crippen LogP contribution < -0.4 is 10.6 Å². The summed E-state index contributed by atoms with van der Waals surface area (Å²) < 4.78 is 0. The summed E-state index contributed by atoms with van der Waals surface area (Å²) in [6, 6.07) is 18.0. The van der Waals surface area contributed by atoms with Crippen molar-refractivity contribution in [1.82, 2.24) is 4.98 Å². The molecule has 2 N–H and O–H groups in total. The first-order valence-corrected chi connectivity index (χ1v) is 8.61. The predicted octanol–water partition coefficient (Wildman–Crippen LogP) is 4.80. The molecule has 1 heterocycles. The van der Waals surface area contributed by atoms with E-state index in [4.69, 9.17) is 0 Å². The number of hydrogen-bond acceptors (Lipinski definition) is 3. The molecule has 0 saturated carbocycles. The number of benzene rings is 2. The van der Waals surface area contributed by atoms with Crippen LogP contribution in [-0.4, -0.2) is 17.4 Å². The van der Waals surface area contributed by atoms with E-state index in [1.54, 1.807) is 6.20 Å². The number of carbonyl (C=O) groups is 1. The van der Waals surface area contributed by atoms with E-state index in [1.165, 1.54) is 5.56 Å². The van der Waals surface area contributed by atoms with Gasteiger partial charge in [0.2, 0.25) is 5.91 Å². The second kappa shape index (κ2) is 7.79. The summed E-state index contributed by atoms with van der Waals surface area (Å²) in [5, 5.41) is 7.33. The molecule has 2 aromatic carbocycles. The van der Waals surface area contributed by atoms with Gasteiger partial charge in [0.1, 0.15) is 0 Å². The van der Waals surface area contributed by atoms with Crippen molar-refractivity contribution in [3.63, 3.8) is 0 Å². The van der Waals surface area contributed by atoms with Crippen LogP contribution in [-0.2, 0) is 4.79 Å². The summed E-state index contributed by atoms with van der Waals surface area (Å²) in [7, 11) is 0. The van der Waals surface area contributed by atoms with Crippen LogP contribution in [0.15, 0.2) is 60.8 Å². The molecule has 0 aliphatic carbocycles. The summed E-state index contributed by atoms with van der Waals surface area (Å²) in [6.07, 6.45) is 2.18. The summed E-state index contributed by atoms with van der Waals surface area (Å²) in [5.74, 6) is 0.487. The average molecular weight is 333 g/mol. The highest BCUT2D eigenvalue weighted by Gasteiger charge is 2.05. The van der Waals surface area contributed by atoms with E-state index in [9.17, 15) is 4.79 Å². The van der Waals surface area contributed by atoms with E-state index in [-0.39, 0.29) is 5.91 Å². The van der Waals surface area contributed by atoms with Gasteiger partial charge in [0.25, 0.3) is 0 Å². The Morgan fingerprint density at radius 3 is 2.56 bits per heavy atom. The molecule has 1 amide bonds. The number of nitrogens with one attached hydrogen (secondary N) is 2. The molecule has 3 rings (SSSR count). The Bertz CT molecular complexity index is 851.